The smallest absolute Gasteiger partial charge is 0.147 e. The van der Waals surface area contributed by atoms with E-state index < -0.39 is 0 Å². The summed E-state index contributed by atoms with van der Waals surface area (Å²) < 4.78 is 11.4. The monoisotopic (exact) mass is 299 g/mol. The highest BCUT2D eigenvalue weighted by Gasteiger charge is 2.24. The van der Waals surface area contributed by atoms with Crippen LogP contribution in [0.2, 0.25) is 0 Å². The first-order valence-corrected chi connectivity index (χ1v) is 7.64. The van der Waals surface area contributed by atoms with Crippen molar-refractivity contribution in [2.24, 2.45) is 0 Å². The highest BCUT2D eigenvalue weighted by atomic mass is 16.5. The molecule has 0 saturated carbocycles. The van der Waals surface area contributed by atoms with Crippen molar-refractivity contribution < 1.29 is 14.6 Å². The number of fused-ring (bicyclic) bond motifs is 1. The molecule has 1 heterocycles. The number of nitrogens with one attached hydrogen (secondary N) is 1. The van der Waals surface area contributed by atoms with E-state index in [1.165, 1.54) is 0 Å². The van der Waals surface area contributed by atoms with Gasteiger partial charge in [0.1, 0.15) is 23.5 Å². The first kappa shape index (κ1) is 14.7. The summed E-state index contributed by atoms with van der Waals surface area (Å²) in [5.41, 5.74) is 0.896. The van der Waals surface area contributed by atoms with Crippen LogP contribution in [0.5, 0.6) is 17.2 Å². The maximum absolute atomic E-state index is 10.1. The predicted molar refractivity (Wildman–Crippen MR) is 85.5 cm³/mol. The van der Waals surface area contributed by atoms with Crippen molar-refractivity contribution >= 4 is 0 Å². The highest BCUT2D eigenvalue weighted by molar-refractivity contribution is 5.47. The van der Waals surface area contributed by atoms with Crippen molar-refractivity contribution in [1.82, 2.24) is 5.32 Å². The summed E-state index contributed by atoms with van der Waals surface area (Å²) >= 11 is 0. The molecule has 0 spiro atoms. The molecule has 0 aromatic heterocycles. The SMILES string of the molecule is CC(NC[C@@H]1CCOc2cccc(O)c21)Oc1ccccc1. The highest BCUT2D eigenvalue weighted by Crippen LogP contribution is 2.39. The second-order valence-corrected chi connectivity index (χ2v) is 5.50. The number of rotatable bonds is 5. The van der Waals surface area contributed by atoms with Gasteiger partial charge in [-0.15, -0.1) is 0 Å². The fourth-order valence-corrected chi connectivity index (χ4v) is 2.78. The molecule has 0 aliphatic carbocycles. The fourth-order valence-electron chi connectivity index (χ4n) is 2.78. The molecule has 4 heteroatoms. The molecule has 1 aliphatic rings. The van der Waals surface area contributed by atoms with Gasteiger partial charge in [-0.25, -0.2) is 0 Å². The number of ether oxygens (including phenoxy) is 2. The number of hydrogen-bond donors (Lipinski definition) is 2. The fraction of sp³-hybridized carbons (Fsp3) is 0.333. The number of para-hydroxylation sites is 1. The first-order valence-electron chi connectivity index (χ1n) is 7.64. The Bertz CT molecular complexity index is 615. The zero-order chi connectivity index (χ0) is 15.4. The van der Waals surface area contributed by atoms with Crippen LogP contribution in [0.1, 0.15) is 24.8 Å². The molecular weight excluding hydrogens is 278 g/mol. The summed E-state index contributed by atoms with van der Waals surface area (Å²) in [5, 5.41) is 13.5. The quantitative estimate of drug-likeness (QED) is 0.832. The molecule has 0 saturated heterocycles. The Kier molecular flexibility index (Phi) is 4.49. The van der Waals surface area contributed by atoms with Gasteiger partial charge in [-0.2, -0.15) is 0 Å². The van der Waals surface area contributed by atoms with Crippen LogP contribution < -0.4 is 14.8 Å². The van der Waals surface area contributed by atoms with E-state index in [0.717, 1.165) is 30.0 Å². The third-order valence-electron chi connectivity index (χ3n) is 3.88. The average molecular weight is 299 g/mol. The molecule has 0 bridgehead atoms. The largest absolute Gasteiger partial charge is 0.508 e. The average Bonchev–Trinajstić information content (AvgIpc) is 2.54. The zero-order valence-corrected chi connectivity index (χ0v) is 12.7. The first-order chi connectivity index (χ1) is 10.7. The van der Waals surface area contributed by atoms with Crippen LogP contribution in [0.25, 0.3) is 0 Å². The zero-order valence-electron chi connectivity index (χ0n) is 12.7. The van der Waals surface area contributed by atoms with Crippen molar-refractivity contribution in [3.05, 3.63) is 54.1 Å². The van der Waals surface area contributed by atoms with Gasteiger partial charge in [0.2, 0.25) is 0 Å². The molecular formula is C18H21NO3. The minimum Gasteiger partial charge on any atom is -0.508 e. The Morgan fingerprint density at radius 1 is 1.23 bits per heavy atom. The minimum atomic E-state index is -0.0976. The predicted octanol–water partition coefficient (Wildman–Crippen LogP) is 3.27. The van der Waals surface area contributed by atoms with Crippen molar-refractivity contribution in [1.29, 1.82) is 0 Å². The van der Waals surface area contributed by atoms with Crippen LogP contribution >= 0.6 is 0 Å². The van der Waals surface area contributed by atoms with Gasteiger partial charge in [0.15, 0.2) is 0 Å². The van der Waals surface area contributed by atoms with Crippen LogP contribution in [-0.4, -0.2) is 24.5 Å². The Labute approximate surface area is 130 Å². The molecule has 2 atom stereocenters. The van der Waals surface area contributed by atoms with Crippen molar-refractivity contribution in [3.63, 3.8) is 0 Å². The van der Waals surface area contributed by atoms with Crippen LogP contribution in [-0.2, 0) is 0 Å². The molecule has 2 N–H and O–H groups in total. The molecule has 0 fully saturated rings. The maximum Gasteiger partial charge on any atom is 0.147 e. The molecule has 1 aliphatic heterocycles. The second kappa shape index (κ2) is 6.71. The molecule has 0 amide bonds. The third-order valence-corrected chi connectivity index (χ3v) is 3.88. The minimum absolute atomic E-state index is 0.0976. The number of phenolic OH excluding ortho intramolecular Hbond substituents is 1. The topological polar surface area (TPSA) is 50.7 Å². The summed E-state index contributed by atoms with van der Waals surface area (Å²) in [7, 11) is 0. The molecule has 4 nitrogen and oxygen atoms in total. The van der Waals surface area contributed by atoms with E-state index in [1.54, 1.807) is 6.07 Å². The van der Waals surface area contributed by atoms with Crippen LogP contribution in [0.3, 0.4) is 0 Å². The Morgan fingerprint density at radius 3 is 2.86 bits per heavy atom. The lowest BCUT2D eigenvalue weighted by atomic mass is 9.92. The Morgan fingerprint density at radius 2 is 2.05 bits per heavy atom. The lowest BCUT2D eigenvalue weighted by molar-refractivity contribution is 0.173. The summed E-state index contributed by atoms with van der Waals surface area (Å²) in [6, 6.07) is 15.2. The summed E-state index contributed by atoms with van der Waals surface area (Å²) in [6.45, 7) is 3.40. The van der Waals surface area contributed by atoms with E-state index in [2.05, 4.69) is 5.32 Å². The van der Waals surface area contributed by atoms with Gasteiger partial charge >= 0.3 is 0 Å². The normalized spacial score (nSPS) is 18.1. The molecule has 1 unspecified atom stereocenters. The lowest BCUT2D eigenvalue weighted by Crippen LogP contribution is -2.36. The Balaban J connectivity index is 1.61. The molecule has 116 valence electrons. The van der Waals surface area contributed by atoms with Gasteiger partial charge in [0.25, 0.3) is 0 Å². The van der Waals surface area contributed by atoms with E-state index in [1.807, 2.05) is 49.4 Å². The van der Waals surface area contributed by atoms with Gasteiger partial charge in [-0.1, -0.05) is 24.3 Å². The van der Waals surface area contributed by atoms with E-state index in [0.29, 0.717) is 12.4 Å². The third kappa shape index (κ3) is 3.34. The number of phenols is 1. The maximum atomic E-state index is 10.1. The molecule has 3 rings (SSSR count). The number of aromatic hydroxyl groups is 1. The van der Waals surface area contributed by atoms with Crippen LogP contribution in [0.4, 0.5) is 0 Å². The second-order valence-electron chi connectivity index (χ2n) is 5.50. The van der Waals surface area contributed by atoms with Gasteiger partial charge < -0.3 is 14.6 Å². The van der Waals surface area contributed by atoms with Crippen molar-refractivity contribution in [2.45, 2.75) is 25.5 Å². The Hall–Kier alpha value is -2.20. The van der Waals surface area contributed by atoms with Crippen molar-refractivity contribution in [2.75, 3.05) is 13.2 Å². The number of benzene rings is 2. The summed E-state index contributed by atoms with van der Waals surface area (Å²) in [5.74, 6) is 2.17. The molecule has 0 radical (unpaired) electrons. The van der Waals surface area contributed by atoms with Crippen molar-refractivity contribution in [3.8, 4) is 17.2 Å². The van der Waals surface area contributed by atoms with Crippen LogP contribution in [0.15, 0.2) is 48.5 Å². The van der Waals surface area contributed by atoms with Gasteiger partial charge in [0, 0.05) is 18.0 Å². The van der Waals surface area contributed by atoms with Gasteiger partial charge in [-0.05, 0) is 37.6 Å². The van der Waals surface area contributed by atoms with E-state index >= 15 is 0 Å². The molecule has 2 aromatic rings. The number of hydrogen-bond acceptors (Lipinski definition) is 4. The van der Waals surface area contributed by atoms with E-state index in [-0.39, 0.29) is 12.1 Å². The van der Waals surface area contributed by atoms with Gasteiger partial charge in [0.05, 0.1) is 6.61 Å². The van der Waals surface area contributed by atoms with Crippen LogP contribution in [0, 0.1) is 0 Å². The van der Waals surface area contributed by atoms with Gasteiger partial charge in [-0.3, -0.25) is 5.32 Å². The lowest BCUT2D eigenvalue weighted by Gasteiger charge is -2.28. The summed E-state index contributed by atoms with van der Waals surface area (Å²) in [4.78, 5) is 0. The molecule has 2 aromatic carbocycles. The summed E-state index contributed by atoms with van der Waals surface area (Å²) in [6.07, 6.45) is 0.787. The standard InChI is InChI=1S/C18H21NO3/c1-13(22-15-6-3-2-4-7-15)19-12-14-10-11-21-17-9-5-8-16(20)18(14)17/h2-9,13-14,19-20H,10-12H2,1H3/t13?,14-/m0/s1. The van der Waals surface area contributed by atoms with E-state index in [4.69, 9.17) is 9.47 Å². The van der Waals surface area contributed by atoms with E-state index in [9.17, 15) is 5.11 Å². The molecule has 22 heavy (non-hydrogen) atoms.